The summed E-state index contributed by atoms with van der Waals surface area (Å²) in [6.45, 7) is 2.63. The normalized spacial score (nSPS) is 13.8. The minimum absolute atomic E-state index is 0.279. The van der Waals surface area contributed by atoms with Crippen LogP contribution < -0.4 is 10.6 Å². The van der Waals surface area contributed by atoms with E-state index >= 15 is 0 Å². The summed E-state index contributed by atoms with van der Waals surface area (Å²) in [6, 6.07) is 12.0. The first-order valence-electron chi connectivity index (χ1n) is 9.42. The number of aliphatic hydroxyl groups excluding tert-OH is 2. The summed E-state index contributed by atoms with van der Waals surface area (Å²) >= 11 is 2.30. The molecule has 0 saturated carbocycles. The van der Waals surface area contributed by atoms with Gasteiger partial charge < -0.3 is 25.4 Å². The Morgan fingerprint density at radius 2 is 2.03 bits per heavy atom. The number of benzene rings is 2. The second kappa shape index (κ2) is 8.02. The van der Waals surface area contributed by atoms with Crippen LogP contribution in [0.4, 0.5) is 5.69 Å². The van der Waals surface area contributed by atoms with E-state index in [2.05, 4.69) is 44.6 Å². The Bertz CT molecular complexity index is 1030. The number of nitrogens with two attached hydrogens (primary N) is 1. The van der Waals surface area contributed by atoms with Gasteiger partial charge in [0.15, 0.2) is 0 Å². The van der Waals surface area contributed by atoms with Crippen LogP contribution in [0.15, 0.2) is 40.9 Å². The molecule has 0 bridgehead atoms. The molecule has 2 aromatic carbocycles. The lowest BCUT2D eigenvalue weighted by molar-refractivity contribution is 0.125. The van der Waals surface area contributed by atoms with Gasteiger partial charge in [-0.25, -0.2) is 0 Å². The van der Waals surface area contributed by atoms with Crippen molar-refractivity contribution in [3.8, 4) is 22.8 Å². The van der Waals surface area contributed by atoms with Gasteiger partial charge in [-0.1, -0.05) is 23.4 Å². The second-order valence-electron chi connectivity index (χ2n) is 7.54. The molecule has 4 N–H and O–H groups in total. The fourth-order valence-corrected chi connectivity index (χ4v) is 4.10. The standard InChI is InChI=1S/C21H23IN4O3/c1-13-5-6-14(9-17(13)22)20-24-19(25-29-20)16-3-2-4-18-15(16)7-8-26(18)10-21(23,11-27)12-28/h2-6,9,27-28H,7-8,10-12,23H2,1H3. The number of hydrogen-bond acceptors (Lipinski definition) is 7. The summed E-state index contributed by atoms with van der Waals surface area (Å²) in [5.74, 6) is 1.05. The average molecular weight is 506 g/mol. The van der Waals surface area contributed by atoms with Crippen molar-refractivity contribution in [2.45, 2.75) is 18.9 Å². The lowest BCUT2D eigenvalue weighted by Gasteiger charge is -2.31. The highest BCUT2D eigenvalue weighted by atomic mass is 127. The maximum Gasteiger partial charge on any atom is 0.258 e. The molecule has 0 saturated heterocycles. The SMILES string of the molecule is Cc1ccc(-c2nc(-c3cccc4c3CCN4CC(N)(CO)CO)no2)cc1I. The van der Waals surface area contributed by atoms with Crippen LogP contribution in [0.2, 0.25) is 0 Å². The molecular formula is C21H23IN4O3. The predicted octanol–water partition coefficient (Wildman–Crippen LogP) is 2.36. The zero-order valence-corrected chi connectivity index (χ0v) is 18.3. The van der Waals surface area contributed by atoms with E-state index < -0.39 is 5.54 Å². The van der Waals surface area contributed by atoms with Crippen LogP contribution in [0.3, 0.4) is 0 Å². The minimum Gasteiger partial charge on any atom is -0.394 e. The number of rotatable bonds is 6. The molecule has 0 aliphatic carbocycles. The zero-order chi connectivity index (χ0) is 20.6. The molecule has 0 radical (unpaired) electrons. The molecule has 29 heavy (non-hydrogen) atoms. The summed E-state index contributed by atoms with van der Waals surface area (Å²) in [5.41, 5.74) is 10.2. The van der Waals surface area contributed by atoms with Crippen LogP contribution in [0.5, 0.6) is 0 Å². The van der Waals surface area contributed by atoms with Crippen molar-refractivity contribution in [2.75, 3.05) is 31.2 Å². The number of aromatic nitrogens is 2. The van der Waals surface area contributed by atoms with E-state index in [9.17, 15) is 10.2 Å². The first kappa shape index (κ1) is 20.3. The van der Waals surface area contributed by atoms with E-state index in [0.717, 1.165) is 38.9 Å². The van der Waals surface area contributed by atoms with Crippen LogP contribution in [0.1, 0.15) is 11.1 Å². The molecule has 1 aliphatic rings. The Hall–Kier alpha value is -2.01. The van der Waals surface area contributed by atoms with Gasteiger partial charge in [-0.2, -0.15) is 4.98 Å². The molecule has 1 aromatic heterocycles. The predicted molar refractivity (Wildman–Crippen MR) is 120 cm³/mol. The molecule has 0 atom stereocenters. The summed E-state index contributed by atoms with van der Waals surface area (Å²) in [7, 11) is 0. The third-order valence-electron chi connectivity index (χ3n) is 5.34. The highest BCUT2D eigenvalue weighted by molar-refractivity contribution is 14.1. The van der Waals surface area contributed by atoms with E-state index in [1.165, 1.54) is 5.56 Å². The highest BCUT2D eigenvalue weighted by Gasteiger charge is 2.31. The van der Waals surface area contributed by atoms with Crippen LogP contribution in [0, 0.1) is 10.5 Å². The Morgan fingerprint density at radius 1 is 1.24 bits per heavy atom. The lowest BCUT2D eigenvalue weighted by Crippen LogP contribution is -2.55. The summed E-state index contributed by atoms with van der Waals surface area (Å²) in [4.78, 5) is 6.72. The van der Waals surface area contributed by atoms with Crippen LogP contribution in [-0.2, 0) is 6.42 Å². The number of fused-ring (bicyclic) bond motifs is 1. The van der Waals surface area contributed by atoms with Crippen LogP contribution in [-0.4, -0.2) is 52.2 Å². The number of aliphatic hydroxyl groups is 2. The zero-order valence-electron chi connectivity index (χ0n) is 16.1. The monoisotopic (exact) mass is 506 g/mol. The van der Waals surface area contributed by atoms with Gasteiger partial charge in [-0.3, -0.25) is 0 Å². The van der Waals surface area contributed by atoms with Gasteiger partial charge >= 0.3 is 0 Å². The van der Waals surface area contributed by atoms with Gasteiger partial charge in [0.25, 0.3) is 5.89 Å². The van der Waals surface area contributed by atoms with E-state index in [1.54, 1.807) is 0 Å². The van der Waals surface area contributed by atoms with Gasteiger partial charge in [0.05, 0.1) is 18.8 Å². The smallest absolute Gasteiger partial charge is 0.258 e. The molecule has 1 aliphatic heterocycles. The third kappa shape index (κ3) is 3.89. The molecule has 4 rings (SSSR count). The fourth-order valence-electron chi connectivity index (χ4n) is 3.58. The van der Waals surface area contributed by atoms with E-state index in [4.69, 9.17) is 10.3 Å². The number of nitrogens with zero attached hydrogens (tertiary/aromatic N) is 3. The average Bonchev–Trinajstić information content (AvgIpc) is 3.37. The van der Waals surface area contributed by atoms with E-state index in [1.807, 2.05) is 36.4 Å². The molecule has 8 heteroatoms. The van der Waals surface area contributed by atoms with Crippen LogP contribution >= 0.6 is 22.6 Å². The first-order chi connectivity index (χ1) is 13.9. The quantitative estimate of drug-likeness (QED) is 0.441. The largest absolute Gasteiger partial charge is 0.394 e. The molecule has 0 unspecified atom stereocenters. The maximum atomic E-state index is 9.53. The van der Waals surface area contributed by atoms with E-state index in [-0.39, 0.29) is 13.2 Å². The summed E-state index contributed by atoms with van der Waals surface area (Å²) < 4.78 is 6.69. The number of halogens is 1. The van der Waals surface area contributed by atoms with Crippen LogP contribution in [0.25, 0.3) is 22.8 Å². The van der Waals surface area contributed by atoms with Gasteiger partial charge in [0.2, 0.25) is 5.82 Å². The third-order valence-corrected chi connectivity index (χ3v) is 6.51. The van der Waals surface area contributed by atoms with Gasteiger partial charge in [0, 0.05) is 33.5 Å². The number of aryl methyl sites for hydroxylation is 1. The number of anilines is 1. The Kier molecular flexibility index (Phi) is 5.60. The first-order valence-corrected chi connectivity index (χ1v) is 10.5. The molecule has 0 amide bonds. The van der Waals surface area contributed by atoms with Crippen molar-refractivity contribution in [3.63, 3.8) is 0 Å². The topological polar surface area (TPSA) is 109 Å². The Morgan fingerprint density at radius 3 is 2.76 bits per heavy atom. The molecule has 0 fully saturated rings. The van der Waals surface area contributed by atoms with Gasteiger partial charge in [-0.05, 0) is 65.3 Å². The summed E-state index contributed by atoms with van der Waals surface area (Å²) in [5, 5.41) is 23.3. The van der Waals surface area contributed by atoms with Crippen molar-refractivity contribution in [1.82, 2.24) is 10.1 Å². The molecule has 7 nitrogen and oxygen atoms in total. The van der Waals surface area contributed by atoms with Crippen molar-refractivity contribution in [3.05, 3.63) is 51.1 Å². The minimum atomic E-state index is -1.04. The highest BCUT2D eigenvalue weighted by Crippen LogP contribution is 2.36. The number of hydrogen-bond donors (Lipinski definition) is 3. The van der Waals surface area contributed by atoms with Crippen molar-refractivity contribution in [1.29, 1.82) is 0 Å². The molecule has 0 spiro atoms. The summed E-state index contributed by atoms with van der Waals surface area (Å²) in [6.07, 6.45) is 0.810. The van der Waals surface area contributed by atoms with Crippen molar-refractivity contribution in [2.24, 2.45) is 5.73 Å². The van der Waals surface area contributed by atoms with Gasteiger partial charge in [-0.15, -0.1) is 0 Å². The Labute approximate surface area is 182 Å². The molecule has 2 heterocycles. The van der Waals surface area contributed by atoms with Crippen molar-refractivity contribution < 1.29 is 14.7 Å². The van der Waals surface area contributed by atoms with E-state index in [0.29, 0.717) is 18.3 Å². The molecular weight excluding hydrogens is 483 g/mol. The molecule has 152 valence electrons. The second-order valence-corrected chi connectivity index (χ2v) is 8.70. The Balaban J connectivity index is 1.65. The molecule has 3 aromatic rings. The van der Waals surface area contributed by atoms with Crippen molar-refractivity contribution >= 4 is 28.3 Å². The fraction of sp³-hybridized carbons (Fsp3) is 0.333. The lowest BCUT2D eigenvalue weighted by atomic mass is 10.0. The van der Waals surface area contributed by atoms with Gasteiger partial charge in [0.1, 0.15) is 0 Å². The maximum absolute atomic E-state index is 9.53.